The summed E-state index contributed by atoms with van der Waals surface area (Å²) in [6.07, 6.45) is 1.39. The molecule has 0 aliphatic carbocycles. The lowest BCUT2D eigenvalue weighted by atomic mass is 10.3. The van der Waals surface area contributed by atoms with Gasteiger partial charge in [-0.15, -0.1) is 0 Å². The van der Waals surface area contributed by atoms with E-state index >= 15 is 0 Å². The Morgan fingerprint density at radius 2 is 2.07 bits per heavy atom. The summed E-state index contributed by atoms with van der Waals surface area (Å²) in [6.45, 7) is 2.53. The summed E-state index contributed by atoms with van der Waals surface area (Å²) in [6, 6.07) is 0. The molecule has 0 saturated carbocycles. The van der Waals surface area contributed by atoms with Gasteiger partial charge in [0.25, 0.3) is 10.1 Å². The molecule has 0 aromatic heterocycles. The first-order valence-electron chi connectivity index (χ1n) is 4.81. The van der Waals surface area contributed by atoms with Crippen LogP contribution in [-0.4, -0.2) is 38.0 Å². The Morgan fingerprint density at radius 1 is 1.40 bits per heavy atom. The molecular weight excluding hydrogens is 222 g/mol. The molecule has 6 nitrogen and oxygen atoms in total. The highest BCUT2D eigenvalue weighted by Crippen LogP contribution is 1.90. The van der Waals surface area contributed by atoms with E-state index in [4.69, 9.17) is 4.55 Å². The van der Waals surface area contributed by atoms with Crippen molar-refractivity contribution >= 4 is 16.2 Å². The predicted octanol–water partition coefficient (Wildman–Crippen LogP) is 0.791. The molecule has 0 unspecified atom stereocenters. The van der Waals surface area contributed by atoms with Crippen LogP contribution in [0.25, 0.3) is 0 Å². The normalized spacial score (nSPS) is 11.1. The average Bonchev–Trinajstić information content (AvgIpc) is 2.11. The van der Waals surface area contributed by atoms with Crippen molar-refractivity contribution in [1.82, 2.24) is 5.32 Å². The van der Waals surface area contributed by atoms with Gasteiger partial charge in [0.15, 0.2) is 0 Å². The van der Waals surface area contributed by atoms with Crippen molar-refractivity contribution in [2.75, 3.05) is 18.9 Å². The van der Waals surface area contributed by atoms with Crippen molar-refractivity contribution in [3.05, 3.63) is 0 Å². The highest BCUT2D eigenvalue weighted by molar-refractivity contribution is 7.85. The van der Waals surface area contributed by atoms with E-state index in [-0.39, 0.29) is 13.0 Å². The first-order valence-corrected chi connectivity index (χ1v) is 6.42. The fourth-order valence-corrected chi connectivity index (χ4v) is 1.31. The zero-order valence-electron chi connectivity index (χ0n) is 8.73. The fraction of sp³-hybridized carbons (Fsp3) is 0.875. The van der Waals surface area contributed by atoms with Gasteiger partial charge in [-0.3, -0.25) is 4.55 Å². The van der Waals surface area contributed by atoms with Crippen molar-refractivity contribution in [2.24, 2.45) is 0 Å². The molecule has 0 aromatic carbocycles. The second kappa shape index (κ2) is 7.47. The minimum Gasteiger partial charge on any atom is -0.450 e. The zero-order chi connectivity index (χ0) is 11.7. The molecule has 1 amide bonds. The summed E-state index contributed by atoms with van der Waals surface area (Å²) in [5, 5.41) is 2.51. The molecule has 15 heavy (non-hydrogen) atoms. The van der Waals surface area contributed by atoms with E-state index in [2.05, 4.69) is 10.1 Å². The lowest BCUT2D eigenvalue weighted by Gasteiger charge is -2.05. The topological polar surface area (TPSA) is 92.7 Å². The zero-order valence-corrected chi connectivity index (χ0v) is 9.55. The smallest absolute Gasteiger partial charge is 0.407 e. The molecule has 0 heterocycles. The van der Waals surface area contributed by atoms with Crippen molar-refractivity contribution in [1.29, 1.82) is 0 Å². The van der Waals surface area contributed by atoms with Crippen LogP contribution in [0.4, 0.5) is 4.79 Å². The van der Waals surface area contributed by atoms with Crippen LogP contribution < -0.4 is 5.32 Å². The molecule has 0 radical (unpaired) electrons. The van der Waals surface area contributed by atoms with Gasteiger partial charge in [-0.05, 0) is 12.8 Å². The van der Waals surface area contributed by atoms with Gasteiger partial charge in [0.2, 0.25) is 0 Å². The Balaban J connectivity index is 3.39. The molecule has 2 N–H and O–H groups in total. The third-order valence-electron chi connectivity index (χ3n) is 1.58. The monoisotopic (exact) mass is 239 g/mol. The van der Waals surface area contributed by atoms with E-state index < -0.39 is 22.0 Å². The van der Waals surface area contributed by atoms with E-state index in [9.17, 15) is 13.2 Å². The van der Waals surface area contributed by atoms with Crippen LogP contribution in [0.15, 0.2) is 0 Å². The third kappa shape index (κ3) is 11.1. The number of nitrogens with one attached hydrogen (secondary N) is 1. The molecular formula is C8H17NO5S. The number of carbonyl (C=O) groups is 1. The number of alkyl carbamates (subject to hydrolysis) is 1. The maximum Gasteiger partial charge on any atom is 0.407 e. The quantitative estimate of drug-likeness (QED) is 0.506. The standard InChI is InChI=1S/C8H17NO5S/c1-2-3-5-9-8(10)14-6-4-7-15(11,12)13/h2-7H2,1H3,(H,9,10)(H,11,12,13). The summed E-state index contributed by atoms with van der Waals surface area (Å²) in [5.74, 6) is -0.394. The Labute approximate surface area is 89.7 Å². The number of carbonyl (C=O) groups excluding carboxylic acids is 1. The van der Waals surface area contributed by atoms with Gasteiger partial charge < -0.3 is 10.1 Å². The van der Waals surface area contributed by atoms with Crippen molar-refractivity contribution in [2.45, 2.75) is 26.2 Å². The molecule has 0 rings (SSSR count). The van der Waals surface area contributed by atoms with Crippen LogP contribution in [0.2, 0.25) is 0 Å². The van der Waals surface area contributed by atoms with Gasteiger partial charge in [-0.25, -0.2) is 4.79 Å². The minimum atomic E-state index is -3.95. The molecule has 7 heteroatoms. The van der Waals surface area contributed by atoms with E-state index in [1.54, 1.807) is 0 Å². The molecule has 0 fully saturated rings. The van der Waals surface area contributed by atoms with Gasteiger partial charge in [0, 0.05) is 6.54 Å². The Kier molecular flexibility index (Phi) is 7.06. The van der Waals surface area contributed by atoms with Crippen molar-refractivity contribution in [3.63, 3.8) is 0 Å². The van der Waals surface area contributed by atoms with Crippen LogP contribution in [0.3, 0.4) is 0 Å². The number of hydrogen-bond acceptors (Lipinski definition) is 4. The Bertz CT molecular complexity index is 275. The highest BCUT2D eigenvalue weighted by Gasteiger charge is 2.05. The van der Waals surface area contributed by atoms with Crippen LogP contribution in [-0.2, 0) is 14.9 Å². The van der Waals surface area contributed by atoms with Gasteiger partial charge in [-0.1, -0.05) is 13.3 Å². The van der Waals surface area contributed by atoms with Crippen molar-refractivity contribution in [3.8, 4) is 0 Å². The Hall–Kier alpha value is -0.820. The van der Waals surface area contributed by atoms with Gasteiger partial charge in [0.05, 0.1) is 12.4 Å². The number of ether oxygens (including phenoxy) is 1. The first-order chi connectivity index (χ1) is 6.95. The van der Waals surface area contributed by atoms with Gasteiger partial charge >= 0.3 is 6.09 Å². The summed E-state index contributed by atoms with van der Waals surface area (Å²) in [4.78, 5) is 10.9. The van der Waals surface area contributed by atoms with E-state index in [1.807, 2.05) is 6.92 Å². The summed E-state index contributed by atoms with van der Waals surface area (Å²) in [5.41, 5.74) is 0. The number of unbranched alkanes of at least 4 members (excludes halogenated alkanes) is 1. The number of hydrogen-bond donors (Lipinski definition) is 2. The minimum absolute atomic E-state index is 0.0161. The molecule has 0 saturated heterocycles. The van der Waals surface area contributed by atoms with Gasteiger partial charge in [-0.2, -0.15) is 8.42 Å². The number of amides is 1. The molecule has 0 aromatic rings. The molecule has 0 atom stereocenters. The lowest BCUT2D eigenvalue weighted by molar-refractivity contribution is 0.146. The second-order valence-electron chi connectivity index (χ2n) is 3.06. The average molecular weight is 239 g/mol. The SMILES string of the molecule is CCCCNC(=O)OCCCS(=O)(=O)O. The lowest BCUT2D eigenvalue weighted by Crippen LogP contribution is -2.26. The molecule has 0 aliphatic rings. The fourth-order valence-electron chi connectivity index (χ4n) is 0.824. The van der Waals surface area contributed by atoms with Crippen LogP contribution in [0.5, 0.6) is 0 Å². The first kappa shape index (κ1) is 14.2. The highest BCUT2D eigenvalue weighted by atomic mass is 32.2. The summed E-state index contributed by atoms with van der Waals surface area (Å²) in [7, 11) is -3.95. The Morgan fingerprint density at radius 3 is 2.60 bits per heavy atom. The maximum absolute atomic E-state index is 10.9. The van der Waals surface area contributed by atoms with Crippen molar-refractivity contribution < 1.29 is 22.5 Å². The number of rotatable bonds is 7. The molecule has 0 aliphatic heterocycles. The van der Waals surface area contributed by atoms with E-state index in [0.717, 1.165) is 12.8 Å². The van der Waals surface area contributed by atoms with Crippen LogP contribution in [0.1, 0.15) is 26.2 Å². The van der Waals surface area contributed by atoms with Gasteiger partial charge in [0.1, 0.15) is 0 Å². The second-order valence-corrected chi connectivity index (χ2v) is 4.63. The third-order valence-corrected chi connectivity index (χ3v) is 2.38. The molecule has 0 spiro atoms. The largest absolute Gasteiger partial charge is 0.450 e. The summed E-state index contributed by atoms with van der Waals surface area (Å²) >= 11 is 0. The molecule has 90 valence electrons. The van der Waals surface area contributed by atoms with Crippen LogP contribution in [0, 0.1) is 0 Å². The van der Waals surface area contributed by atoms with E-state index in [0.29, 0.717) is 6.54 Å². The predicted molar refractivity (Wildman–Crippen MR) is 55.3 cm³/mol. The van der Waals surface area contributed by atoms with E-state index in [1.165, 1.54) is 0 Å². The maximum atomic E-state index is 10.9. The summed E-state index contributed by atoms with van der Waals surface area (Å²) < 4.78 is 33.6. The van der Waals surface area contributed by atoms with Crippen LogP contribution >= 0.6 is 0 Å². The molecule has 0 bridgehead atoms.